The quantitative estimate of drug-likeness (QED) is 0.422. The Kier molecular flexibility index (Phi) is 5.66. The number of aromatic nitrogens is 4. The Morgan fingerprint density at radius 1 is 1.22 bits per heavy atom. The molecule has 10 heteroatoms. The van der Waals surface area contributed by atoms with E-state index in [0.717, 1.165) is 16.3 Å². The molecule has 1 aliphatic heterocycles. The van der Waals surface area contributed by atoms with Crippen molar-refractivity contribution in [2.75, 3.05) is 0 Å². The molecular formula is C22H15ClN6OS2. The second kappa shape index (κ2) is 8.74. The van der Waals surface area contributed by atoms with Crippen molar-refractivity contribution in [3.05, 3.63) is 86.5 Å². The van der Waals surface area contributed by atoms with Crippen LogP contribution in [0.25, 0.3) is 10.6 Å². The highest BCUT2D eigenvalue weighted by Crippen LogP contribution is 2.42. The largest absolute Gasteiger partial charge is 0.329 e. The summed E-state index contributed by atoms with van der Waals surface area (Å²) < 4.78 is 0. The third-order valence-electron chi connectivity index (χ3n) is 5.12. The minimum Gasteiger partial charge on any atom is -0.329 e. The van der Waals surface area contributed by atoms with Gasteiger partial charge in [-0.3, -0.25) is 9.89 Å². The molecule has 0 saturated heterocycles. The van der Waals surface area contributed by atoms with Crippen molar-refractivity contribution >= 4 is 45.4 Å². The Morgan fingerprint density at radius 3 is 2.81 bits per heavy atom. The van der Waals surface area contributed by atoms with Gasteiger partial charge in [-0.15, -0.1) is 23.1 Å². The number of rotatable bonds is 4. The van der Waals surface area contributed by atoms with E-state index in [4.69, 9.17) is 16.6 Å². The summed E-state index contributed by atoms with van der Waals surface area (Å²) in [6, 6.07) is 13.5. The lowest BCUT2D eigenvalue weighted by Crippen LogP contribution is -2.29. The van der Waals surface area contributed by atoms with Gasteiger partial charge in [-0.1, -0.05) is 23.7 Å². The van der Waals surface area contributed by atoms with E-state index in [1.54, 1.807) is 35.9 Å². The van der Waals surface area contributed by atoms with Crippen LogP contribution in [0.15, 0.2) is 64.0 Å². The van der Waals surface area contributed by atoms with Gasteiger partial charge in [0, 0.05) is 39.8 Å². The van der Waals surface area contributed by atoms with Gasteiger partial charge in [0.05, 0.1) is 34.0 Å². The predicted molar refractivity (Wildman–Crippen MR) is 128 cm³/mol. The van der Waals surface area contributed by atoms with Gasteiger partial charge in [0.15, 0.2) is 0 Å². The van der Waals surface area contributed by atoms with Crippen molar-refractivity contribution in [3.63, 3.8) is 0 Å². The van der Waals surface area contributed by atoms with Crippen LogP contribution in [0, 0.1) is 17.2 Å². The van der Waals surface area contributed by atoms with Crippen LogP contribution in [0.4, 0.5) is 5.69 Å². The summed E-state index contributed by atoms with van der Waals surface area (Å²) in [5.74, 6) is -0.511. The summed E-state index contributed by atoms with van der Waals surface area (Å²) in [6.07, 6.45) is 3.19. The Hall–Kier alpha value is -3.19. The highest BCUT2D eigenvalue weighted by atomic mass is 35.5. The van der Waals surface area contributed by atoms with E-state index in [1.807, 2.05) is 29.6 Å². The molecule has 0 spiro atoms. The third kappa shape index (κ3) is 3.88. The predicted octanol–water partition coefficient (Wildman–Crippen LogP) is 5.12. The molecule has 0 saturated carbocycles. The number of thioether (sulfide) groups is 1. The molecule has 2 unspecified atom stereocenters. The van der Waals surface area contributed by atoms with Gasteiger partial charge in [-0.05, 0) is 24.3 Å². The number of pyridine rings is 1. The van der Waals surface area contributed by atoms with E-state index < -0.39 is 11.8 Å². The van der Waals surface area contributed by atoms with Crippen LogP contribution in [-0.4, -0.2) is 25.2 Å². The SMILES string of the molecule is N#CC1C(SCc2csc(-c3ccc(Cl)cc3)n2)=Nc2cc[nH]c(=O)c2C1c1ccn[nH]1. The molecule has 4 aromatic rings. The van der Waals surface area contributed by atoms with Crippen molar-refractivity contribution < 1.29 is 0 Å². The van der Waals surface area contributed by atoms with E-state index in [1.165, 1.54) is 11.8 Å². The second-order valence-corrected chi connectivity index (χ2v) is 9.38. The fourth-order valence-electron chi connectivity index (χ4n) is 3.65. The monoisotopic (exact) mass is 478 g/mol. The first-order valence-corrected chi connectivity index (χ1v) is 11.9. The van der Waals surface area contributed by atoms with Gasteiger partial charge in [0.1, 0.15) is 10.9 Å². The summed E-state index contributed by atoms with van der Waals surface area (Å²) >= 11 is 9.00. The summed E-state index contributed by atoms with van der Waals surface area (Å²) in [4.78, 5) is 24.7. The number of benzene rings is 1. The molecule has 0 fully saturated rings. The molecule has 7 nitrogen and oxygen atoms in total. The van der Waals surface area contributed by atoms with Gasteiger partial charge in [0.2, 0.25) is 0 Å². The first-order chi connectivity index (χ1) is 15.6. The Morgan fingerprint density at radius 2 is 2.06 bits per heavy atom. The van der Waals surface area contributed by atoms with Crippen LogP contribution in [0.1, 0.15) is 22.9 Å². The van der Waals surface area contributed by atoms with E-state index in [2.05, 4.69) is 26.2 Å². The van der Waals surface area contributed by atoms with Gasteiger partial charge in [0.25, 0.3) is 5.56 Å². The van der Waals surface area contributed by atoms with E-state index in [-0.39, 0.29) is 5.56 Å². The number of aromatic amines is 2. The Balaban J connectivity index is 1.44. The van der Waals surface area contributed by atoms with Crippen LogP contribution in [0.3, 0.4) is 0 Å². The number of halogens is 1. The summed E-state index contributed by atoms with van der Waals surface area (Å²) in [5, 5.41) is 21.2. The fraction of sp³-hybridized carbons (Fsp3) is 0.136. The number of nitriles is 1. The minimum absolute atomic E-state index is 0.248. The average molecular weight is 479 g/mol. The van der Waals surface area contributed by atoms with Crippen LogP contribution >= 0.6 is 34.7 Å². The van der Waals surface area contributed by atoms with Crippen molar-refractivity contribution in [2.45, 2.75) is 11.7 Å². The molecule has 1 aliphatic rings. The molecular weight excluding hydrogens is 464 g/mol. The molecule has 158 valence electrons. The van der Waals surface area contributed by atoms with Crippen molar-refractivity contribution in [1.82, 2.24) is 20.2 Å². The Labute approximate surface area is 196 Å². The lowest BCUT2D eigenvalue weighted by molar-refractivity contribution is 0.690. The number of hydrogen-bond donors (Lipinski definition) is 2. The number of hydrogen-bond acceptors (Lipinski definition) is 7. The zero-order valence-electron chi connectivity index (χ0n) is 16.4. The molecule has 2 atom stereocenters. The third-order valence-corrected chi connectivity index (χ3v) is 7.40. The van der Waals surface area contributed by atoms with Gasteiger partial charge >= 0.3 is 0 Å². The smallest absolute Gasteiger partial charge is 0.254 e. The highest BCUT2D eigenvalue weighted by Gasteiger charge is 2.37. The molecule has 0 amide bonds. The molecule has 2 N–H and O–H groups in total. The van der Waals surface area contributed by atoms with Gasteiger partial charge in [-0.25, -0.2) is 9.98 Å². The molecule has 4 heterocycles. The van der Waals surface area contributed by atoms with Crippen LogP contribution in [0.5, 0.6) is 0 Å². The molecule has 0 bridgehead atoms. The summed E-state index contributed by atoms with van der Waals surface area (Å²) in [7, 11) is 0. The van der Waals surface area contributed by atoms with Crippen LogP contribution in [0.2, 0.25) is 5.02 Å². The molecule has 5 rings (SSSR count). The normalized spacial score (nSPS) is 17.4. The van der Waals surface area contributed by atoms with Gasteiger partial charge in [-0.2, -0.15) is 10.4 Å². The molecule has 32 heavy (non-hydrogen) atoms. The van der Waals surface area contributed by atoms with Crippen molar-refractivity contribution in [3.8, 4) is 16.6 Å². The average Bonchev–Trinajstić information content (AvgIpc) is 3.50. The number of fused-ring (bicyclic) bond motifs is 1. The van der Waals surface area contributed by atoms with E-state index >= 15 is 0 Å². The number of nitrogens with zero attached hydrogens (tertiary/aromatic N) is 4. The maximum Gasteiger partial charge on any atom is 0.254 e. The zero-order valence-corrected chi connectivity index (χ0v) is 18.8. The fourth-order valence-corrected chi connectivity index (χ4v) is 5.68. The first kappa shape index (κ1) is 20.7. The summed E-state index contributed by atoms with van der Waals surface area (Å²) in [6.45, 7) is 0. The standard InChI is InChI=1S/C22H15ClN6OS2/c23-13-3-1-12(2-4-13)21-27-14(10-31-21)11-32-22-15(9-24)18(17-6-8-26-29-17)19-16(28-22)5-7-25-20(19)30/h1-8,10,15,18H,11H2,(H,25,30)(H,26,29). The van der Waals surface area contributed by atoms with Gasteiger partial charge < -0.3 is 4.98 Å². The zero-order chi connectivity index (χ0) is 22.1. The summed E-state index contributed by atoms with van der Waals surface area (Å²) in [5.41, 5.74) is 3.42. The van der Waals surface area contributed by atoms with Crippen LogP contribution in [-0.2, 0) is 5.75 Å². The lowest BCUT2D eigenvalue weighted by atomic mass is 9.83. The molecule has 0 radical (unpaired) electrons. The minimum atomic E-state index is -0.606. The topological polar surface area (TPSA) is 111 Å². The van der Waals surface area contributed by atoms with E-state index in [9.17, 15) is 10.1 Å². The van der Waals surface area contributed by atoms with Crippen LogP contribution < -0.4 is 5.56 Å². The Bertz CT molecular complexity index is 1390. The molecule has 0 aliphatic carbocycles. The van der Waals surface area contributed by atoms with Crippen molar-refractivity contribution in [2.24, 2.45) is 10.9 Å². The second-order valence-electron chi connectivity index (χ2n) is 7.09. The first-order valence-electron chi connectivity index (χ1n) is 9.66. The van der Waals surface area contributed by atoms with E-state index in [0.29, 0.717) is 32.8 Å². The number of aliphatic imine (C=N–C) groups is 1. The highest BCUT2D eigenvalue weighted by molar-refractivity contribution is 8.13. The maximum absolute atomic E-state index is 12.6. The maximum atomic E-state index is 12.6. The number of thiazole rings is 1. The molecule has 3 aromatic heterocycles. The number of H-pyrrole nitrogens is 2. The molecule has 1 aromatic carbocycles. The number of nitrogens with one attached hydrogen (secondary N) is 2. The van der Waals surface area contributed by atoms with Crippen molar-refractivity contribution in [1.29, 1.82) is 5.26 Å². The lowest BCUT2D eigenvalue weighted by Gasteiger charge is -2.27.